The second-order valence-electron chi connectivity index (χ2n) is 6.34. The highest BCUT2D eigenvalue weighted by molar-refractivity contribution is 5.79. The summed E-state index contributed by atoms with van der Waals surface area (Å²) < 4.78 is 0. The SMILES string of the molecule is CC1CCCC(CC(CN)C(=O)N2CCCC2)C1. The van der Waals surface area contributed by atoms with Gasteiger partial charge in [0.25, 0.3) is 0 Å². The Balaban J connectivity index is 1.85. The number of likely N-dealkylation sites (tertiary alicyclic amines) is 1. The molecule has 0 aromatic heterocycles. The van der Waals surface area contributed by atoms with E-state index in [0.29, 0.717) is 12.5 Å². The third-order valence-electron chi connectivity index (χ3n) is 4.71. The minimum atomic E-state index is 0.0819. The Morgan fingerprint density at radius 2 is 2.00 bits per heavy atom. The number of rotatable bonds is 4. The Kier molecular flexibility index (Phi) is 5.04. The van der Waals surface area contributed by atoms with E-state index >= 15 is 0 Å². The van der Waals surface area contributed by atoms with E-state index in [4.69, 9.17) is 5.73 Å². The van der Waals surface area contributed by atoms with Gasteiger partial charge in [0, 0.05) is 19.6 Å². The van der Waals surface area contributed by atoms with Crippen molar-refractivity contribution in [2.45, 2.75) is 51.9 Å². The topological polar surface area (TPSA) is 46.3 Å². The van der Waals surface area contributed by atoms with Crippen molar-refractivity contribution in [3.8, 4) is 0 Å². The number of amides is 1. The molecule has 2 fully saturated rings. The molecule has 1 amide bonds. The Morgan fingerprint density at radius 1 is 1.28 bits per heavy atom. The first-order valence-corrected chi connectivity index (χ1v) is 7.69. The van der Waals surface area contributed by atoms with Gasteiger partial charge in [-0.1, -0.05) is 26.2 Å². The summed E-state index contributed by atoms with van der Waals surface area (Å²) in [5.74, 6) is 1.98. The van der Waals surface area contributed by atoms with Gasteiger partial charge >= 0.3 is 0 Å². The van der Waals surface area contributed by atoms with Gasteiger partial charge in [-0.2, -0.15) is 0 Å². The maximum atomic E-state index is 12.4. The summed E-state index contributed by atoms with van der Waals surface area (Å²) in [6.45, 7) is 4.78. The summed E-state index contributed by atoms with van der Waals surface area (Å²) >= 11 is 0. The van der Waals surface area contributed by atoms with Crippen LogP contribution in [0.4, 0.5) is 0 Å². The lowest BCUT2D eigenvalue weighted by Gasteiger charge is -2.30. The summed E-state index contributed by atoms with van der Waals surface area (Å²) in [5, 5.41) is 0. The summed E-state index contributed by atoms with van der Waals surface area (Å²) in [6, 6.07) is 0. The second-order valence-corrected chi connectivity index (χ2v) is 6.34. The fraction of sp³-hybridized carbons (Fsp3) is 0.933. The number of nitrogens with zero attached hydrogens (tertiary/aromatic N) is 1. The van der Waals surface area contributed by atoms with Crippen LogP contribution in [0.3, 0.4) is 0 Å². The largest absolute Gasteiger partial charge is 0.342 e. The zero-order valence-electron chi connectivity index (χ0n) is 11.7. The Bertz CT molecular complexity index is 274. The number of hydrogen-bond donors (Lipinski definition) is 1. The molecular formula is C15H28N2O. The van der Waals surface area contributed by atoms with Crippen molar-refractivity contribution in [2.24, 2.45) is 23.5 Å². The van der Waals surface area contributed by atoms with E-state index in [1.54, 1.807) is 0 Å². The second kappa shape index (κ2) is 6.55. The fourth-order valence-corrected chi connectivity index (χ4v) is 3.67. The molecule has 3 unspecified atom stereocenters. The maximum absolute atomic E-state index is 12.4. The van der Waals surface area contributed by atoms with Gasteiger partial charge in [-0.05, 0) is 37.5 Å². The summed E-state index contributed by atoms with van der Waals surface area (Å²) in [6.07, 6.45) is 8.66. The van der Waals surface area contributed by atoms with Gasteiger partial charge in [-0.15, -0.1) is 0 Å². The van der Waals surface area contributed by atoms with Crippen LogP contribution in [0.15, 0.2) is 0 Å². The van der Waals surface area contributed by atoms with Crippen molar-refractivity contribution in [3.05, 3.63) is 0 Å². The number of carbonyl (C=O) groups excluding carboxylic acids is 1. The van der Waals surface area contributed by atoms with Crippen LogP contribution < -0.4 is 5.73 Å². The molecule has 0 aromatic rings. The van der Waals surface area contributed by atoms with Crippen molar-refractivity contribution >= 4 is 5.91 Å². The average Bonchev–Trinajstić information content (AvgIpc) is 2.89. The Labute approximate surface area is 111 Å². The van der Waals surface area contributed by atoms with Crippen LogP contribution >= 0.6 is 0 Å². The van der Waals surface area contributed by atoms with Gasteiger partial charge in [0.05, 0.1) is 5.92 Å². The molecule has 2 aliphatic rings. The van der Waals surface area contributed by atoms with E-state index in [2.05, 4.69) is 6.92 Å². The predicted octanol–water partition coefficient (Wildman–Crippen LogP) is 2.40. The molecule has 2 rings (SSSR count). The molecule has 1 aliphatic carbocycles. The van der Waals surface area contributed by atoms with E-state index in [1.807, 2.05) is 4.90 Å². The van der Waals surface area contributed by atoms with Crippen LogP contribution in [0.2, 0.25) is 0 Å². The quantitative estimate of drug-likeness (QED) is 0.835. The molecule has 0 aromatic carbocycles. The minimum Gasteiger partial charge on any atom is -0.342 e. The van der Waals surface area contributed by atoms with Gasteiger partial charge in [0.2, 0.25) is 5.91 Å². The van der Waals surface area contributed by atoms with Crippen LogP contribution in [-0.4, -0.2) is 30.4 Å². The summed E-state index contributed by atoms with van der Waals surface area (Å²) in [7, 11) is 0. The normalized spacial score (nSPS) is 30.4. The van der Waals surface area contributed by atoms with Gasteiger partial charge in [-0.3, -0.25) is 4.79 Å². The standard InChI is InChI=1S/C15H28N2O/c1-12-5-4-6-13(9-12)10-14(11-16)15(18)17-7-2-3-8-17/h12-14H,2-11,16H2,1H3. The van der Waals surface area contributed by atoms with Crippen LogP contribution in [0.1, 0.15) is 51.9 Å². The molecule has 1 aliphatic heterocycles. The van der Waals surface area contributed by atoms with Crippen molar-refractivity contribution in [3.63, 3.8) is 0 Å². The molecular weight excluding hydrogens is 224 g/mol. The molecule has 3 nitrogen and oxygen atoms in total. The molecule has 104 valence electrons. The molecule has 2 N–H and O–H groups in total. The third-order valence-corrected chi connectivity index (χ3v) is 4.71. The molecule has 0 bridgehead atoms. The van der Waals surface area contributed by atoms with E-state index in [9.17, 15) is 4.79 Å². The van der Waals surface area contributed by atoms with Crippen molar-refractivity contribution in [2.75, 3.05) is 19.6 Å². The third kappa shape index (κ3) is 3.47. The highest BCUT2D eigenvalue weighted by Crippen LogP contribution is 2.33. The first kappa shape index (κ1) is 13.9. The number of hydrogen-bond acceptors (Lipinski definition) is 2. The molecule has 1 heterocycles. The van der Waals surface area contributed by atoms with E-state index < -0.39 is 0 Å². The number of nitrogens with two attached hydrogens (primary N) is 1. The molecule has 3 atom stereocenters. The summed E-state index contributed by atoms with van der Waals surface area (Å²) in [4.78, 5) is 14.4. The monoisotopic (exact) mass is 252 g/mol. The van der Waals surface area contributed by atoms with Crippen molar-refractivity contribution in [1.82, 2.24) is 4.90 Å². The van der Waals surface area contributed by atoms with Gasteiger partial charge in [-0.25, -0.2) is 0 Å². The molecule has 0 radical (unpaired) electrons. The first-order valence-electron chi connectivity index (χ1n) is 7.69. The van der Waals surface area contributed by atoms with Gasteiger partial charge < -0.3 is 10.6 Å². The zero-order chi connectivity index (χ0) is 13.0. The molecule has 0 spiro atoms. The Morgan fingerprint density at radius 3 is 2.61 bits per heavy atom. The van der Waals surface area contributed by atoms with E-state index in [-0.39, 0.29) is 5.92 Å². The maximum Gasteiger partial charge on any atom is 0.226 e. The van der Waals surface area contributed by atoms with Gasteiger partial charge in [0.1, 0.15) is 0 Å². The lowest BCUT2D eigenvalue weighted by Crippen LogP contribution is -2.38. The first-order chi connectivity index (χ1) is 8.70. The molecule has 1 saturated carbocycles. The predicted molar refractivity (Wildman–Crippen MR) is 74.1 cm³/mol. The lowest BCUT2D eigenvalue weighted by molar-refractivity contribution is -0.134. The minimum absolute atomic E-state index is 0.0819. The number of carbonyl (C=O) groups is 1. The zero-order valence-corrected chi connectivity index (χ0v) is 11.7. The van der Waals surface area contributed by atoms with E-state index in [0.717, 1.165) is 31.3 Å². The lowest BCUT2D eigenvalue weighted by atomic mass is 9.78. The van der Waals surface area contributed by atoms with Gasteiger partial charge in [0.15, 0.2) is 0 Å². The van der Waals surface area contributed by atoms with Crippen LogP contribution in [0.5, 0.6) is 0 Å². The van der Waals surface area contributed by atoms with Crippen molar-refractivity contribution < 1.29 is 4.79 Å². The molecule has 3 heteroatoms. The van der Waals surface area contributed by atoms with Crippen LogP contribution in [0, 0.1) is 17.8 Å². The fourth-order valence-electron chi connectivity index (χ4n) is 3.67. The highest BCUT2D eigenvalue weighted by atomic mass is 16.2. The van der Waals surface area contributed by atoms with E-state index in [1.165, 1.54) is 38.5 Å². The smallest absolute Gasteiger partial charge is 0.226 e. The van der Waals surface area contributed by atoms with Crippen LogP contribution in [-0.2, 0) is 4.79 Å². The molecule has 18 heavy (non-hydrogen) atoms. The van der Waals surface area contributed by atoms with Crippen LogP contribution in [0.25, 0.3) is 0 Å². The average molecular weight is 252 g/mol. The van der Waals surface area contributed by atoms with Crippen molar-refractivity contribution in [1.29, 1.82) is 0 Å². The highest BCUT2D eigenvalue weighted by Gasteiger charge is 2.29. The molecule has 1 saturated heterocycles. The Hall–Kier alpha value is -0.570. The summed E-state index contributed by atoms with van der Waals surface area (Å²) in [5.41, 5.74) is 5.85.